The van der Waals surface area contributed by atoms with Crippen LogP contribution >= 0.6 is 11.8 Å². The van der Waals surface area contributed by atoms with Crippen LogP contribution in [-0.4, -0.2) is 15.0 Å². The molecule has 0 aliphatic rings. The lowest BCUT2D eigenvalue weighted by Gasteiger charge is -2.06. The molecule has 0 saturated carbocycles. The third kappa shape index (κ3) is 3.42. The molecule has 2 aromatic heterocycles. The normalized spacial score (nSPS) is 11.0. The number of benzene rings is 1. The highest BCUT2D eigenvalue weighted by molar-refractivity contribution is 7.98. The van der Waals surface area contributed by atoms with Crippen LogP contribution in [0.3, 0.4) is 0 Å². The molecule has 118 valence electrons. The number of nitrogen functional groups attached to an aromatic ring is 2. The number of aryl methyl sites for hydroxylation is 1. The standard InChI is InChI=1S/C15H15N5O2S/c1-2-8-3-4-10-9(6-12(21)22-11(10)5-8)7-23-15-19-13(16)18-14(17)20-15/h3-6H,2,7H2,1H3,(H4,16,17,18,19,20). The fraction of sp³-hybridized carbons (Fsp3) is 0.200. The van der Waals surface area contributed by atoms with Crippen LogP contribution in [0.4, 0.5) is 11.9 Å². The Morgan fingerprint density at radius 2 is 1.87 bits per heavy atom. The first-order valence-corrected chi connectivity index (χ1v) is 7.99. The number of rotatable bonds is 4. The van der Waals surface area contributed by atoms with E-state index in [-0.39, 0.29) is 17.5 Å². The minimum absolute atomic E-state index is 0.0741. The van der Waals surface area contributed by atoms with Crippen molar-refractivity contribution in [3.8, 4) is 0 Å². The number of fused-ring (bicyclic) bond motifs is 1. The zero-order chi connectivity index (χ0) is 16.4. The Balaban J connectivity index is 1.94. The summed E-state index contributed by atoms with van der Waals surface area (Å²) in [6.07, 6.45) is 0.877. The van der Waals surface area contributed by atoms with Crippen molar-refractivity contribution in [3.05, 3.63) is 45.8 Å². The van der Waals surface area contributed by atoms with Gasteiger partial charge in [-0.25, -0.2) is 4.79 Å². The number of hydrogen-bond acceptors (Lipinski definition) is 8. The number of anilines is 2. The smallest absolute Gasteiger partial charge is 0.336 e. The summed E-state index contributed by atoms with van der Waals surface area (Å²) < 4.78 is 5.29. The van der Waals surface area contributed by atoms with Gasteiger partial charge in [-0.3, -0.25) is 0 Å². The summed E-state index contributed by atoms with van der Waals surface area (Å²) in [5, 5.41) is 1.31. The Hall–Kier alpha value is -2.61. The predicted octanol–water partition coefficient (Wildman–Crippen LogP) is 2.00. The Kier molecular flexibility index (Phi) is 4.16. The minimum Gasteiger partial charge on any atom is -0.423 e. The molecule has 0 amide bonds. The molecule has 3 rings (SSSR count). The number of nitrogens with two attached hydrogens (primary N) is 2. The summed E-state index contributed by atoms with van der Waals surface area (Å²) in [5.41, 5.74) is 13.3. The van der Waals surface area contributed by atoms with Crippen molar-refractivity contribution in [3.63, 3.8) is 0 Å². The predicted molar refractivity (Wildman–Crippen MR) is 90.1 cm³/mol. The zero-order valence-electron chi connectivity index (χ0n) is 12.4. The van der Waals surface area contributed by atoms with E-state index in [1.807, 2.05) is 18.2 Å². The SMILES string of the molecule is CCc1ccc2c(CSc3nc(N)nc(N)n3)cc(=O)oc2c1. The number of nitrogens with zero attached hydrogens (tertiary/aromatic N) is 3. The maximum absolute atomic E-state index is 11.8. The molecule has 0 atom stereocenters. The molecule has 4 N–H and O–H groups in total. The van der Waals surface area contributed by atoms with Gasteiger partial charge < -0.3 is 15.9 Å². The number of aromatic nitrogens is 3. The molecule has 0 saturated heterocycles. The summed E-state index contributed by atoms with van der Waals surface area (Å²) in [6, 6.07) is 7.36. The van der Waals surface area contributed by atoms with E-state index in [1.54, 1.807) is 0 Å². The van der Waals surface area contributed by atoms with E-state index in [4.69, 9.17) is 15.9 Å². The molecule has 0 radical (unpaired) electrons. The van der Waals surface area contributed by atoms with Gasteiger partial charge in [0.1, 0.15) is 5.58 Å². The molecule has 23 heavy (non-hydrogen) atoms. The lowest BCUT2D eigenvalue weighted by Crippen LogP contribution is -2.04. The van der Waals surface area contributed by atoms with Gasteiger partial charge in [-0.15, -0.1) is 0 Å². The highest BCUT2D eigenvalue weighted by Gasteiger charge is 2.09. The van der Waals surface area contributed by atoms with E-state index in [9.17, 15) is 4.79 Å². The van der Waals surface area contributed by atoms with Crippen molar-refractivity contribution in [2.24, 2.45) is 0 Å². The van der Waals surface area contributed by atoms with Crippen LogP contribution < -0.4 is 17.1 Å². The molecule has 0 fully saturated rings. The minimum atomic E-state index is -0.379. The van der Waals surface area contributed by atoms with Crippen LogP contribution in [0.25, 0.3) is 11.0 Å². The van der Waals surface area contributed by atoms with Crippen LogP contribution in [0.1, 0.15) is 18.1 Å². The Labute approximate surface area is 136 Å². The van der Waals surface area contributed by atoms with Gasteiger partial charge in [-0.2, -0.15) is 15.0 Å². The first-order chi connectivity index (χ1) is 11.0. The third-order valence-corrected chi connectivity index (χ3v) is 4.21. The van der Waals surface area contributed by atoms with Gasteiger partial charge in [0.05, 0.1) is 0 Å². The molecule has 0 spiro atoms. The van der Waals surface area contributed by atoms with Crippen LogP contribution in [-0.2, 0) is 12.2 Å². The van der Waals surface area contributed by atoms with E-state index < -0.39 is 0 Å². The number of thioether (sulfide) groups is 1. The van der Waals surface area contributed by atoms with Crippen LogP contribution in [0.5, 0.6) is 0 Å². The van der Waals surface area contributed by atoms with E-state index in [2.05, 4.69) is 21.9 Å². The van der Waals surface area contributed by atoms with Gasteiger partial charge in [-0.05, 0) is 23.6 Å². The van der Waals surface area contributed by atoms with Crippen LogP contribution in [0.15, 0.2) is 38.6 Å². The fourth-order valence-corrected chi connectivity index (χ4v) is 3.05. The molecule has 7 nitrogen and oxygen atoms in total. The molecule has 0 bridgehead atoms. The van der Waals surface area contributed by atoms with Gasteiger partial charge in [0, 0.05) is 17.2 Å². The monoisotopic (exact) mass is 329 g/mol. The second kappa shape index (κ2) is 6.25. The van der Waals surface area contributed by atoms with Crippen molar-refractivity contribution in [1.29, 1.82) is 0 Å². The highest BCUT2D eigenvalue weighted by Crippen LogP contribution is 2.25. The van der Waals surface area contributed by atoms with Gasteiger partial charge >= 0.3 is 5.63 Å². The Morgan fingerprint density at radius 3 is 2.57 bits per heavy atom. The molecular weight excluding hydrogens is 314 g/mol. The third-order valence-electron chi connectivity index (χ3n) is 3.31. The van der Waals surface area contributed by atoms with E-state index in [1.165, 1.54) is 17.8 Å². The summed E-state index contributed by atoms with van der Waals surface area (Å²) in [5.74, 6) is 0.645. The van der Waals surface area contributed by atoms with Gasteiger partial charge in [0.25, 0.3) is 0 Å². The van der Waals surface area contributed by atoms with Crippen LogP contribution in [0, 0.1) is 0 Å². The van der Waals surface area contributed by atoms with Crippen molar-refractivity contribution in [2.45, 2.75) is 24.3 Å². The quantitative estimate of drug-likeness (QED) is 0.550. The largest absolute Gasteiger partial charge is 0.423 e. The zero-order valence-corrected chi connectivity index (χ0v) is 13.3. The van der Waals surface area contributed by atoms with Crippen molar-refractivity contribution in [2.75, 3.05) is 11.5 Å². The van der Waals surface area contributed by atoms with E-state index in [0.29, 0.717) is 16.5 Å². The maximum Gasteiger partial charge on any atom is 0.336 e. The molecule has 0 unspecified atom stereocenters. The molecule has 0 aliphatic carbocycles. The Morgan fingerprint density at radius 1 is 1.13 bits per heavy atom. The lowest BCUT2D eigenvalue weighted by atomic mass is 10.1. The molecule has 2 heterocycles. The topological polar surface area (TPSA) is 121 Å². The average Bonchev–Trinajstić information content (AvgIpc) is 2.50. The molecule has 8 heteroatoms. The fourth-order valence-electron chi connectivity index (χ4n) is 2.21. The second-order valence-corrected chi connectivity index (χ2v) is 5.84. The second-order valence-electron chi connectivity index (χ2n) is 4.90. The molecule has 1 aromatic carbocycles. The van der Waals surface area contributed by atoms with E-state index >= 15 is 0 Å². The summed E-state index contributed by atoms with van der Waals surface area (Å²) in [7, 11) is 0. The van der Waals surface area contributed by atoms with Crippen molar-refractivity contribution in [1.82, 2.24) is 15.0 Å². The van der Waals surface area contributed by atoms with Gasteiger partial charge in [0.15, 0.2) is 5.16 Å². The summed E-state index contributed by atoms with van der Waals surface area (Å²) >= 11 is 1.33. The van der Waals surface area contributed by atoms with Gasteiger partial charge in [0.2, 0.25) is 11.9 Å². The van der Waals surface area contributed by atoms with Crippen LogP contribution in [0.2, 0.25) is 0 Å². The van der Waals surface area contributed by atoms with Gasteiger partial charge in [-0.1, -0.05) is 30.8 Å². The average molecular weight is 329 g/mol. The molecule has 0 aliphatic heterocycles. The Bertz CT molecular complexity index is 905. The first-order valence-electron chi connectivity index (χ1n) is 7.00. The number of hydrogen-bond donors (Lipinski definition) is 2. The molecular formula is C15H15N5O2S. The molecule has 3 aromatic rings. The van der Waals surface area contributed by atoms with Crippen molar-refractivity contribution >= 4 is 34.6 Å². The van der Waals surface area contributed by atoms with Crippen molar-refractivity contribution < 1.29 is 4.42 Å². The first kappa shape index (κ1) is 15.3. The summed E-state index contributed by atoms with van der Waals surface area (Å²) in [4.78, 5) is 23.5. The van der Waals surface area contributed by atoms with E-state index in [0.717, 1.165) is 22.9 Å². The summed E-state index contributed by atoms with van der Waals surface area (Å²) in [6.45, 7) is 2.05. The highest BCUT2D eigenvalue weighted by atomic mass is 32.2. The maximum atomic E-state index is 11.8. The lowest BCUT2D eigenvalue weighted by molar-refractivity contribution is 0.559.